The number of nitrogens with one attached hydrogen (secondary N) is 1. The Hall–Kier alpha value is -2.42. The van der Waals surface area contributed by atoms with E-state index in [0.29, 0.717) is 11.6 Å². The van der Waals surface area contributed by atoms with Gasteiger partial charge < -0.3 is 16.6 Å². The van der Waals surface area contributed by atoms with Gasteiger partial charge in [-0.1, -0.05) is 0 Å². The molecule has 2 aromatic rings. The zero-order valence-corrected chi connectivity index (χ0v) is 8.74. The van der Waals surface area contributed by atoms with Gasteiger partial charge in [0, 0.05) is 12.6 Å². The van der Waals surface area contributed by atoms with Crippen LogP contribution in [0.1, 0.15) is 5.69 Å². The third-order valence-corrected chi connectivity index (χ3v) is 2.10. The average Bonchev–Trinajstić information content (AvgIpc) is 2.86. The maximum Gasteiger partial charge on any atom is 0.320 e. The summed E-state index contributed by atoms with van der Waals surface area (Å²) in [7, 11) is 0. The molecule has 0 radical (unpaired) electrons. The number of aromatic nitrogens is 5. The summed E-state index contributed by atoms with van der Waals surface area (Å²) in [6.45, 7) is 0. The predicted molar refractivity (Wildman–Crippen MR) is 57.2 cm³/mol. The lowest BCUT2D eigenvalue weighted by atomic mass is 10.2. The van der Waals surface area contributed by atoms with Crippen LogP contribution in [0, 0.1) is 0 Å². The van der Waals surface area contributed by atoms with Gasteiger partial charge in [0.05, 0.1) is 5.69 Å². The van der Waals surface area contributed by atoms with Gasteiger partial charge >= 0.3 is 5.97 Å². The summed E-state index contributed by atoms with van der Waals surface area (Å²) in [6, 6.07) is -0.976. The lowest BCUT2D eigenvalue weighted by Crippen LogP contribution is -2.32. The Morgan fingerprint density at radius 2 is 2.41 bits per heavy atom. The van der Waals surface area contributed by atoms with E-state index in [2.05, 4.69) is 20.2 Å². The van der Waals surface area contributed by atoms with E-state index in [1.165, 1.54) is 10.9 Å². The SMILES string of the molecule is Nc1nc(-n2cnc(C[C@H](N)C(=O)O)c2)n[nH]1. The van der Waals surface area contributed by atoms with Gasteiger partial charge in [0.15, 0.2) is 0 Å². The monoisotopic (exact) mass is 237 g/mol. The van der Waals surface area contributed by atoms with Crippen molar-refractivity contribution in [2.45, 2.75) is 12.5 Å². The summed E-state index contributed by atoms with van der Waals surface area (Å²) in [5, 5.41) is 15.0. The molecular formula is C8H11N7O2. The molecule has 0 aliphatic carbocycles. The van der Waals surface area contributed by atoms with Gasteiger partial charge in [0.1, 0.15) is 12.4 Å². The van der Waals surface area contributed by atoms with Crippen LogP contribution in [0.25, 0.3) is 5.95 Å². The van der Waals surface area contributed by atoms with E-state index in [9.17, 15) is 4.79 Å². The van der Waals surface area contributed by atoms with Crippen LogP contribution in [0.2, 0.25) is 0 Å². The van der Waals surface area contributed by atoms with Crippen LogP contribution in [0.5, 0.6) is 0 Å². The van der Waals surface area contributed by atoms with Crippen molar-refractivity contribution in [3.8, 4) is 5.95 Å². The molecule has 9 heteroatoms. The number of nitrogens with zero attached hydrogens (tertiary/aromatic N) is 4. The molecular weight excluding hydrogens is 226 g/mol. The molecule has 0 unspecified atom stereocenters. The van der Waals surface area contributed by atoms with Gasteiger partial charge in [-0.05, 0) is 0 Å². The summed E-state index contributed by atoms with van der Waals surface area (Å²) < 4.78 is 1.52. The highest BCUT2D eigenvalue weighted by Gasteiger charge is 2.14. The minimum Gasteiger partial charge on any atom is -0.480 e. The fraction of sp³-hybridized carbons (Fsp3) is 0.250. The fourth-order valence-corrected chi connectivity index (χ4v) is 1.27. The van der Waals surface area contributed by atoms with Crippen molar-refractivity contribution < 1.29 is 9.90 Å². The van der Waals surface area contributed by atoms with Crippen LogP contribution in [-0.2, 0) is 11.2 Å². The first-order valence-corrected chi connectivity index (χ1v) is 4.76. The molecule has 0 saturated heterocycles. The van der Waals surface area contributed by atoms with E-state index >= 15 is 0 Å². The van der Waals surface area contributed by atoms with Gasteiger partial charge in [0.25, 0.3) is 5.95 Å². The van der Waals surface area contributed by atoms with E-state index in [4.69, 9.17) is 16.6 Å². The fourth-order valence-electron chi connectivity index (χ4n) is 1.27. The Labute approximate surface area is 95.5 Å². The van der Waals surface area contributed by atoms with Crippen LogP contribution in [0.15, 0.2) is 12.5 Å². The molecule has 0 aromatic carbocycles. The van der Waals surface area contributed by atoms with Crippen molar-refractivity contribution in [3.63, 3.8) is 0 Å². The first kappa shape index (κ1) is 11.1. The number of H-pyrrole nitrogens is 1. The van der Waals surface area contributed by atoms with Crippen molar-refractivity contribution in [1.29, 1.82) is 0 Å². The first-order valence-electron chi connectivity index (χ1n) is 4.76. The van der Waals surface area contributed by atoms with Crippen LogP contribution < -0.4 is 11.5 Å². The van der Waals surface area contributed by atoms with Crippen molar-refractivity contribution in [1.82, 2.24) is 24.7 Å². The molecule has 2 aromatic heterocycles. The smallest absolute Gasteiger partial charge is 0.320 e. The molecule has 1 atom stereocenters. The molecule has 0 aliphatic rings. The topological polar surface area (TPSA) is 149 Å². The van der Waals surface area contributed by atoms with E-state index in [1.807, 2.05) is 0 Å². The molecule has 0 saturated carbocycles. The van der Waals surface area contributed by atoms with Gasteiger partial charge in [0.2, 0.25) is 5.95 Å². The van der Waals surface area contributed by atoms with Crippen LogP contribution in [0.4, 0.5) is 5.95 Å². The number of nitrogens with two attached hydrogens (primary N) is 2. The van der Waals surface area contributed by atoms with Crippen molar-refractivity contribution in [2.24, 2.45) is 5.73 Å². The number of carbonyl (C=O) groups is 1. The lowest BCUT2D eigenvalue weighted by Gasteiger charge is -2.01. The molecule has 2 rings (SSSR count). The van der Waals surface area contributed by atoms with Gasteiger partial charge in [-0.15, -0.1) is 5.10 Å². The standard InChI is InChI=1S/C8H11N7O2/c9-5(6(16)17)1-4-2-15(3-11-4)8-12-7(10)13-14-8/h2-3,5H,1,9H2,(H,16,17)(H3,10,12,13,14)/t5-/m0/s1. The lowest BCUT2D eigenvalue weighted by molar-refractivity contribution is -0.138. The van der Waals surface area contributed by atoms with Crippen molar-refractivity contribution >= 4 is 11.9 Å². The molecule has 0 fully saturated rings. The zero-order chi connectivity index (χ0) is 12.4. The second-order valence-corrected chi connectivity index (χ2v) is 3.44. The summed E-state index contributed by atoms with van der Waals surface area (Å²) in [6.07, 6.45) is 3.21. The van der Waals surface area contributed by atoms with Crippen LogP contribution in [0.3, 0.4) is 0 Å². The van der Waals surface area contributed by atoms with E-state index in [1.54, 1.807) is 6.20 Å². The number of carboxylic acid groups (broad SMARTS) is 1. The second kappa shape index (κ2) is 4.22. The van der Waals surface area contributed by atoms with E-state index in [0.717, 1.165) is 0 Å². The number of aromatic amines is 1. The summed E-state index contributed by atoms with van der Waals surface area (Å²) in [5.41, 5.74) is 11.3. The normalized spacial score (nSPS) is 12.5. The molecule has 0 spiro atoms. The van der Waals surface area contributed by atoms with Crippen molar-refractivity contribution in [2.75, 3.05) is 5.73 Å². The maximum absolute atomic E-state index is 10.6. The Kier molecular flexibility index (Phi) is 2.75. The number of anilines is 1. The number of imidazole rings is 1. The third kappa shape index (κ3) is 2.39. The summed E-state index contributed by atoms with van der Waals surface area (Å²) >= 11 is 0. The first-order chi connectivity index (χ1) is 8.06. The minimum atomic E-state index is -1.07. The van der Waals surface area contributed by atoms with Gasteiger partial charge in [-0.2, -0.15) is 4.98 Å². The molecule has 0 bridgehead atoms. The summed E-state index contributed by atoms with van der Waals surface area (Å²) in [4.78, 5) is 18.5. The molecule has 0 aliphatic heterocycles. The largest absolute Gasteiger partial charge is 0.480 e. The molecule has 2 heterocycles. The molecule has 90 valence electrons. The van der Waals surface area contributed by atoms with Crippen LogP contribution in [-0.4, -0.2) is 41.9 Å². The van der Waals surface area contributed by atoms with Gasteiger partial charge in [-0.3, -0.25) is 9.36 Å². The predicted octanol–water partition coefficient (Wildman–Crippen LogP) is -1.47. The number of hydrogen-bond donors (Lipinski definition) is 4. The van der Waals surface area contributed by atoms with Crippen molar-refractivity contribution in [3.05, 3.63) is 18.2 Å². The quantitative estimate of drug-likeness (QED) is 0.507. The Balaban J connectivity index is 2.13. The highest BCUT2D eigenvalue weighted by Crippen LogP contribution is 2.05. The zero-order valence-electron chi connectivity index (χ0n) is 8.74. The highest BCUT2D eigenvalue weighted by molar-refractivity contribution is 5.73. The van der Waals surface area contributed by atoms with E-state index < -0.39 is 12.0 Å². The maximum atomic E-state index is 10.6. The average molecular weight is 237 g/mol. The number of nitrogen functional groups attached to an aromatic ring is 1. The molecule has 17 heavy (non-hydrogen) atoms. The number of rotatable bonds is 4. The Bertz CT molecular complexity index is 531. The minimum absolute atomic E-state index is 0.141. The van der Waals surface area contributed by atoms with E-state index in [-0.39, 0.29) is 12.4 Å². The molecule has 6 N–H and O–H groups in total. The van der Waals surface area contributed by atoms with Gasteiger partial charge in [-0.25, -0.2) is 10.1 Å². The number of aliphatic carboxylic acids is 1. The molecule has 0 amide bonds. The third-order valence-electron chi connectivity index (χ3n) is 2.10. The Morgan fingerprint density at radius 3 is 3.00 bits per heavy atom. The number of carboxylic acids is 1. The summed E-state index contributed by atoms with van der Waals surface area (Å²) in [5.74, 6) is -0.538. The number of hydrogen-bond acceptors (Lipinski definition) is 6. The van der Waals surface area contributed by atoms with Crippen LogP contribution >= 0.6 is 0 Å². The highest BCUT2D eigenvalue weighted by atomic mass is 16.4. The Morgan fingerprint density at radius 1 is 1.65 bits per heavy atom. The second-order valence-electron chi connectivity index (χ2n) is 3.44. The molecule has 9 nitrogen and oxygen atoms in total.